The van der Waals surface area contributed by atoms with Gasteiger partial charge >= 0.3 is 0 Å². The molecule has 114 valence electrons. The maximum Gasteiger partial charge on any atom is 0.126 e. The second kappa shape index (κ2) is 7.18. The Bertz CT molecular complexity index is 398. The summed E-state index contributed by atoms with van der Waals surface area (Å²) < 4.78 is 7.87. The first-order valence-electron chi connectivity index (χ1n) is 7.94. The third-order valence-electron chi connectivity index (χ3n) is 4.24. The van der Waals surface area contributed by atoms with E-state index in [4.69, 9.17) is 4.74 Å². The van der Waals surface area contributed by atoms with Gasteiger partial charge in [0.1, 0.15) is 6.10 Å². The van der Waals surface area contributed by atoms with Gasteiger partial charge < -0.3 is 9.84 Å². The van der Waals surface area contributed by atoms with Gasteiger partial charge in [-0.1, -0.05) is 37.8 Å². The van der Waals surface area contributed by atoms with Crippen LogP contribution in [0, 0.1) is 0 Å². The summed E-state index contributed by atoms with van der Waals surface area (Å²) in [7, 11) is 0. The third-order valence-corrected chi connectivity index (χ3v) is 4.24. The van der Waals surface area contributed by atoms with Crippen molar-refractivity contribution in [3.63, 3.8) is 0 Å². The van der Waals surface area contributed by atoms with Crippen molar-refractivity contribution in [2.24, 2.45) is 0 Å². The fourth-order valence-corrected chi connectivity index (χ4v) is 3.24. The second-order valence-electron chi connectivity index (χ2n) is 5.70. The molecular formula is C15H27N3O2. The highest BCUT2D eigenvalue weighted by Crippen LogP contribution is 2.40. The standard InChI is InChI=1S/C15H27N3O2/c1-3-11-18-13(12-16-17-18)14(19)15(20-4-2)9-7-5-6-8-10-15/h12,14,19H,3-11H2,1-2H3. The van der Waals surface area contributed by atoms with Crippen LogP contribution in [-0.2, 0) is 11.3 Å². The smallest absolute Gasteiger partial charge is 0.126 e. The monoisotopic (exact) mass is 281 g/mol. The molecule has 0 saturated heterocycles. The van der Waals surface area contributed by atoms with E-state index in [0.29, 0.717) is 6.61 Å². The van der Waals surface area contributed by atoms with Gasteiger partial charge in [-0.15, -0.1) is 5.10 Å². The summed E-state index contributed by atoms with van der Waals surface area (Å²) in [5, 5.41) is 19.0. The Morgan fingerprint density at radius 3 is 2.60 bits per heavy atom. The molecule has 5 heteroatoms. The Morgan fingerprint density at radius 1 is 1.30 bits per heavy atom. The Balaban J connectivity index is 2.24. The molecule has 1 N–H and O–H groups in total. The van der Waals surface area contributed by atoms with Crippen LogP contribution >= 0.6 is 0 Å². The van der Waals surface area contributed by atoms with Crippen molar-refractivity contribution in [2.75, 3.05) is 6.61 Å². The lowest BCUT2D eigenvalue weighted by Crippen LogP contribution is -2.40. The zero-order valence-electron chi connectivity index (χ0n) is 12.7. The molecule has 1 heterocycles. The SMILES string of the molecule is CCCn1nncc1C(O)C1(OCC)CCCCCC1. The van der Waals surface area contributed by atoms with E-state index in [9.17, 15) is 5.11 Å². The maximum atomic E-state index is 10.9. The summed E-state index contributed by atoms with van der Waals surface area (Å²) in [5.74, 6) is 0. The van der Waals surface area contributed by atoms with Crippen LogP contribution in [0.5, 0.6) is 0 Å². The predicted octanol–water partition coefficient (Wildman–Crippen LogP) is 2.85. The summed E-state index contributed by atoms with van der Waals surface area (Å²) >= 11 is 0. The molecule has 0 amide bonds. The van der Waals surface area contributed by atoms with Crippen molar-refractivity contribution in [1.82, 2.24) is 15.0 Å². The van der Waals surface area contributed by atoms with Gasteiger partial charge in [0, 0.05) is 13.2 Å². The molecule has 1 fully saturated rings. The second-order valence-corrected chi connectivity index (χ2v) is 5.70. The van der Waals surface area contributed by atoms with Crippen molar-refractivity contribution in [3.05, 3.63) is 11.9 Å². The average Bonchev–Trinajstić information content (AvgIpc) is 2.77. The Hall–Kier alpha value is -0.940. The molecule has 1 aliphatic carbocycles. The number of aromatic nitrogens is 3. The van der Waals surface area contributed by atoms with Crippen LogP contribution in [0.25, 0.3) is 0 Å². The lowest BCUT2D eigenvalue weighted by molar-refractivity contribution is -0.134. The number of aliphatic hydroxyl groups is 1. The first-order valence-corrected chi connectivity index (χ1v) is 7.94. The summed E-state index contributed by atoms with van der Waals surface area (Å²) in [6.07, 6.45) is 8.55. The van der Waals surface area contributed by atoms with Crippen molar-refractivity contribution < 1.29 is 9.84 Å². The van der Waals surface area contributed by atoms with Crippen LogP contribution in [0.3, 0.4) is 0 Å². The molecule has 1 aromatic rings. The minimum Gasteiger partial charge on any atom is -0.384 e. The predicted molar refractivity (Wildman–Crippen MR) is 77.3 cm³/mol. The fourth-order valence-electron chi connectivity index (χ4n) is 3.24. The molecule has 0 radical (unpaired) electrons. The van der Waals surface area contributed by atoms with Gasteiger partial charge in [-0.25, -0.2) is 4.68 Å². The lowest BCUT2D eigenvalue weighted by Gasteiger charge is -2.37. The first kappa shape index (κ1) is 15.4. The molecule has 1 unspecified atom stereocenters. The van der Waals surface area contributed by atoms with Crippen LogP contribution in [0.4, 0.5) is 0 Å². The average molecular weight is 281 g/mol. The van der Waals surface area contributed by atoms with E-state index in [2.05, 4.69) is 17.2 Å². The van der Waals surface area contributed by atoms with Crippen molar-refractivity contribution >= 4 is 0 Å². The Labute approximate surface area is 121 Å². The molecule has 5 nitrogen and oxygen atoms in total. The van der Waals surface area contributed by atoms with Crippen LogP contribution in [0.2, 0.25) is 0 Å². The van der Waals surface area contributed by atoms with Crippen molar-refractivity contribution in [1.29, 1.82) is 0 Å². The van der Waals surface area contributed by atoms with E-state index in [1.807, 2.05) is 11.6 Å². The topological polar surface area (TPSA) is 60.2 Å². The highest BCUT2D eigenvalue weighted by Gasteiger charge is 2.41. The van der Waals surface area contributed by atoms with Gasteiger partial charge in [0.15, 0.2) is 0 Å². The molecule has 0 spiro atoms. The maximum absolute atomic E-state index is 10.9. The van der Waals surface area contributed by atoms with Gasteiger partial charge in [-0.05, 0) is 26.2 Å². The summed E-state index contributed by atoms with van der Waals surface area (Å²) in [6, 6.07) is 0. The lowest BCUT2D eigenvalue weighted by atomic mass is 9.86. The third kappa shape index (κ3) is 3.20. The quantitative estimate of drug-likeness (QED) is 0.815. The zero-order valence-corrected chi connectivity index (χ0v) is 12.7. The van der Waals surface area contributed by atoms with Crippen LogP contribution in [0.15, 0.2) is 6.20 Å². The normalized spacial score (nSPS) is 20.6. The molecule has 0 aromatic carbocycles. The molecular weight excluding hydrogens is 254 g/mol. The van der Waals surface area contributed by atoms with Gasteiger partial charge in [0.25, 0.3) is 0 Å². The summed E-state index contributed by atoms with van der Waals surface area (Å²) in [4.78, 5) is 0. The Kier molecular flexibility index (Phi) is 5.54. The van der Waals surface area contributed by atoms with Crippen molar-refractivity contribution in [3.8, 4) is 0 Å². The molecule has 1 aliphatic rings. The molecule has 1 atom stereocenters. The van der Waals surface area contributed by atoms with Crippen LogP contribution < -0.4 is 0 Å². The van der Waals surface area contributed by atoms with E-state index >= 15 is 0 Å². The molecule has 2 rings (SSSR count). The number of aliphatic hydroxyl groups excluding tert-OH is 1. The number of ether oxygens (including phenoxy) is 1. The van der Waals surface area contributed by atoms with Gasteiger partial charge in [0.05, 0.1) is 17.5 Å². The van der Waals surface area contributed by atoms with Gasteiger partial charge in [-0.2, -0.15) is 0 Å². The van der Waals surface area contributed by atoms with Gasteiger partial charge in [0.2, 0.25) is 0 Å². The number of hydrogen-bond acceptors (Lipinski definition) is 4. The molecule has 0 bridgehead atoms. The van der Waals surface area contributed by atoms with E-state index in [-0.39, 0.29) is 0 Å². The summed E-state index contributed by atoms with van der Waals surface area (Å²) in [5.41, 5.74) is 0.334. The zero-order chi connectivity index (χ0) is 14.4. The molecule has 20 heavy (non-hydrogen) atoms. The fraction of sp³-hybridized carbons (Fsp3) is 0.867. The van der Waals surface area contributed by atoms with Gasteiger partial charge in [-0.3, -0.25) is 0 Å². The van der Waals surface area contributed by atoms with E-state index in [1.165, 1.54) is 12.8 Å². The van der Waals surface area contributed by atoms with E-state index < -0.39 is 11.7 Å². The number of hydrogen-bond donors (Lipinski definition) is 1. The summed E-state index contributed by atoms with van der Waals surface area (Å²) in [6.45, 7) is 5.52. The minimum absolute atomic E-state index is 0.460. The van der Waals surface area contributed by atoms with Crippen LogP contribution in [0.1, 0.15) is 70.6 Å². The highest BCUT2D eigenvalue weighted by atomic mass is 16.5. The molecule has 0 aliphatic heterocycles. The van der Waals surface area contributed by atoms with Crippen molar-refractivity contribution in [2.45, 2.75) is 77.0 Å². The van der Waals surface area contributed by atoms with E-state index in [0.717, 1.165) is 44.3 Å². The highest BCUT2D eigenvalue weighted by molar-refractivity contribution is 5.08. The minimum atomic E-state index is -0.637. The van der Waals surface area contributed by atoms with E-state index in [1.54, 1.807) is 6.20 Å². The van der Waals surface area contributed by atoms with Crippen LogP contribution in [-0.4, -0.2) is 32.3 Å². The first-order chi connectivity index (χ1) is 9.73. The molecule has 1 saturated carbocycles. The Morgan fingerprint density at radius 2 is 2.00 bits per heavy atom. The number of nitrogens with zero attached hydrogens (tertiary/aromatic N) is 3. The molecule has 1 aromatic heterocycles. The number of rotatable bonds is 6. The number of aryl methyl sites for hydroxylation is 1. The largest absolute Gasteiger partial charge is 0.384 e.